The van der Waals surface area contributed by atoms with Crippen molar-refractivity contribution in [1.29, 1.82) is 0 Å². The molecule has 0 amide bonds. The van der Waals surface area contributed by atoms with E-state index in [2.05, 4.69) is 25.5 Å². The van der Waals surface area contributed by atoms with Crippen LogP contribution in [0, 0.1) is 0 Å². The van der Waals surface area contributed by atoms with Crippen LogP contribution < -0.4 is 0 Å². The SMILES string of the molecule is O=C(O)c1nc(-c2cccc(Br)c2)n2c1CCCC2. The normalized spacial score (nSPS) is 14.2. The number of imidazole rings is 1. The Kier molecular flexibility index (Phi) is 3.14. The maximum absolute atomic E-state index is 11.3. The predicted molar refractivity (Wildman–Crippen MR) is 75.3 cm³/mol. The van der Waals surface area contributed by atoms with Crippen LogP contribution in [0.5, 0.6) is 0 Å². The van der Waals surface area contributed by atoms with Gasteiger partial charge < -0.3 is 9.67 Å². The van der Waals surface area contributed by atoms with Gasteiger partial charge in [0, 0.05) is 16.6 Å². The Morgan fingerprint density at radius 3 is 2.95 bits per heavy atom. The van der Waals surface area contributed by atoms with Crippen LogP contribution in [-0.2, 0) is 13.0 Å². The summed E-state index contributed by atoms with van der Waals surface area (Å²) in [6.07, 6.45) is 2.90. The Bertz CT molecular complexity index is 649. The second kappa shape index (κ2) is 4.81. The van der Waals surface area contributed by atoms with Gasteiger partial charge in [-0.3, -0.25) is 0 Å². The van der Waals surface area contributed by atoms with Crippen LogP contribution in [0.1, 0.15) is 29.0 Å². The molecule has 3 rings (SSSR count). The summed E-state index contributed by atoms with van der Waals surface area (Å²) in [5, 5.41) is 9.27. The highest BCUT2D eigenvalue weighted by Gasteiger charge is 2.24. The molecule has 4 nitrogen and oxygen atoms in total. The van der Waals surface area contributed by atoms with E-state index in [0.29, 0.717) is 0 Å². The minimum Gasteiger partial charge on any atom is -0.476 e. The van der Waals surface area contributed by atoms with Gasteiger partial charge >= 0.3 is 5.97 Å². The molecule has 1 aliphatic heterocycles. The quantitative estimate of drug-likeness (QED) is 0.923. The summed E-state index contributed by atoms with van der Waals surface area (Å²) in [7, 11) is 0. The van der Waals surface area contributed by atoms with Gasteiger partial charge in [0.2, 0.25) is 0 Å². The summed E-state index contributed by atoms with van der Waals surface area (Å²) >= 11 is 3.44. The van der Waals surface area contributed by atoms with E-state index in [1.165, 1.54) is 0 Å². The molecule has 1 aromatic heterocycles. The first kappa shape index (κ1) is 12.4. The molecule has 1 aliphatic rings. The average Bonchev–Trinajstić information content (AvgIpc) is 2.78. The molecule has 0 saturated carbocycles. The fourth-order valence-electron chi connectivity index (χ4n) is 2.56. The Balaban J connectivity index is 2.19. The number of hydrogen-bond acceptors (Lipinski definition) is 2. The highest BCUT2D eigenvalue weighted by Crippen LogP contribution is 2.28. The van der Waals surface area contributed by atoms with Gasteiger partial charge in [-0.1, -0.05) is 28.1 Å². The summed E-state index contributed by atoms with van der Waals surface area (Å²) in [6, 6.07) is 7.81. The van der Waals surface area contributed by atoms with Crippen LogP contribution >= 0.6 is 15.9 Å². The molecule has 0 aliphatic carbocycles. The van der Waals surface area contributed by atoms with Crippen molar-refractivity contribution in [3.05, 3.63) is 40.1 Å². The molecule has 0 fully saturated rings. The lowest BCUT2D eigenvalue weighted by atomic mass is 10.1. The zero-order valence-electron chi connectivity index (χ0n) is 10.3. The molecule has 98 valence electrons. The molecule has 0 radical (unpaired) electrons. The number of carbonyl (C=O) groups is 1. The van der Waals surface area contributed by atoms with Crippen molar-refractivity contribution in [1.82, 2.24) is 9.55 Å². The summed E-state index contributed by atoms with van der Waals surface area (Å²) in [6.45, 7) is 0.845. The fraction of sp³-hybridized carbons (Fsp3) is 0.286. The summed E-state index contributed by atoms with van der Waals surface area (Å²) in [4.78, 5) is 15.6. The summed E-state index contributed by atoms with van der Waals surface area (Å²) in [5.74, 6) is -0.180. The Labute approximate surface area is 119 Å². The molecule has 0 spiro atoms. The third-order valence-corrected chi connectivity index (χ3v) is 3.90. The molecule has 5 heteroatoms. The van der Waals surface area contributed by atoms with Gasteiger partial charge in [-0.05, 0) is 31.4 Å². The van der Waals surface area contributed by atoms with Crippen LogP contribution in [0.15, 0.2) is 28.7 Å². The van der Waals surface area contributed by atoms with E-state index in [0.717, 1.165) is 47.4 Å². The topological polar surface area (TPSA) is 55.1 Å². The number of benzene rings is 1. The lowest BCUT2D eigenvalue weighted by molar-refractivity contribution is 0.0689. The maximum atomic E-state index is 11.3. The zero-order chi connectivity index (χ0) is 13.4. The minimum absolute atomic E-state index is 0.203. The molecule has 1 N–H and O–H groups in total. The van der Waals surface area contributed by atoms with E-state index < -0.39 is 5.97 Å². The van der Waals surface area contributed by atoms with Gasteiger partial charge in [0.15, 0.2) is 5.69 Å². The van der Waals surface area contributed by atoms with Crippen LogP contribution in [0.25, 0.3) is 11.4 Å². The number of aromatic carboxylic acids is 1. The number of carboxylic acids is 1. The fourth-order valence-corrected chi connectivity index (χ4v) is 2.96. The van der Waals surface area contributed by atoms with Crippen LogP contribution in [0.2, 0.25) is 0 Å². The molecule has 19 heavy (non-hydrogen) atoms. The number of rotatable bonds is 2. The van der Waals surface area contributed by atoms with Crippen molar-refractivity contribution in [2.75, 3.05) is 0 Å². The van der Waals surface area contributed by atoms with Crippen LogP contribution in [0.4, 0.5) is 0 Å². The first-order chi connectivity index (χ1) is 9.16. The molecule has 2 heterocycles. The number of nitrogens with zero attached hydrogens (tertiary/aromatic N) is 2. The highest BCUT2D eigenvalue weighted by atomic mass is 79.9. The maximum Gasteiger partial charge on any atom is 0.356 e. The third-order valence-electron chi connectivity index (χ3n) is 3.40. The second-order valence-electron chi connectivity index (χ2n) is 4.65. The number of aromatic nitrogens is 2. The van der Waals surface area contributed by atoms with Gasteiger partial charge in [-0.15, -0.1) is 0 Å². The second-order valence-corrected chi connectivity index (χ2v) is 5.57. The van der Waals surface area contributed by atoms with E-state index in [9.17, 15) is 9.90 Å². The van der Waals surface area contributed by atoms with Crippen LogP contribution in [0.3, 0.4) is 0 Å². The molecular formula is C14H13BrN2O2. The van der Waals surface area contributed by atoms with E-state index in [1.54, 1.807) is 0 Å². The highest BCUT2D eigenvalue weighted by molar-refractivity contribution is 9.10. The predicted octanol–water partition coefficient (Wildman–Crippen LogP) is 3.35. The molecule has 0 bridgehead atoms. The molecular weight excluding hydrogens is 308 g/mol. The first-order valence-corrected chi connectivity index (χ1v) is 7.05. The zero-order valence-corrected chi connectivity index (χ0v) is 11.9. The van der Waals surface area contributed by atoms with Crippen molar-refractivity contribution in [3.8, 4) is 11.4 Å². The monoisotopic (exact) mass is 320 g/mol. The van der Waals surface area contributed by atoms with Gasteiger partial charge in [0.1, 0.15) is 5.82 Å². The van der Waals surface area contributed by atoms with Gasteiger partial charge in [0.25, 0.3) is 0 Å². The molecule has 2 aromatic rings. The van der Waals surface area contributed by atoms with Crippen molar-refractivity contribution in [3.63, 3.8) is 0 Å². The van der Waals surface area contributed by atoms with Crippen molar-refractivity contribution >= 4 is 21.9 Å². The number of halogens is 1. The molecule has 0 atom stereocenters. The summed E-state index contributed by atoms with van der Waals surface area (Å²) < 4.78 is 3.02. The van der Waals surface area contributed by atoms with Crippen molar-refractivity contribution < 1.29 is 9.90 Å². The van der Waals surface area contributed by atoms with E-state index in [-0.39, 0.29) is 5.69 Å². The lowest BCUT2D eigenvalue weighted by Gasteiger charge is -2.17. The Morgan fingerprint density at radius 1 is 1.37 bits per heavy atom. The Hall–Kier alpha value is -1.62. The van der Waals surface area contributed by atoms with Crippen LogP contribution in [-0.4, -0.2) is 20.6 Å². The number of fused-ring (bicyclic) bond motifs is 1. The third kappa shape index (κ3) is 2.18. The average molecular weight is 321 g/mol. The Morgan fingerprint density at radius 2 is 2.21 bits per heavy atom. The molecule has 1 aromatic carbocycles. The van der Waals surface area contributed by atoms with Crippen molar-refractivity contribution in [2.45, 2.75) is 25.8 Å². The summed E-state index contributed by atoms with van der Waals surface area (Å²) in [5.41, 5.74) is 2.01. The number of hydrogen-bond donors (Lipinski definition) is 1. The standard InChI is InChI=1S/C14H13BrN2O2/c15-10-5-3-4-9(8-10)13-16-12(14(18)19)11-6-1-2-7-17(11)13/h3-5,8H,1-2,6-7H2,(H,18,19). The number of carboxylic acid groups (broad SMARTS) is 1. The first-order valence-electron chi connectivity index (χ1n) is 6.25. The molecule has 0 saturated heterocycles. The van der Waals surface area contributed by atoms with E-state index in [1.807, 2.05) is 24.3 Å². The smallest absolute Gasteiger partial charge is 0.356 e. The molecule has 0 unspecified atom stereocenters. The van der Waals surface area contributed by atoms with Gasteiger partial charge in [0.05, 0.1) is 5.69 Å². The van der Waals surface area contributed by atoms with Gasteiger partial charge in [-0.25, -0.2) is 9.78 Å². The van der Waals surface area contributed by atoms with Crippen molar-refractivity contribution in [2.24, 2.45) is 0 Å². The lowest BCUT2D eigenvalue weighted by Crippen LogP contribution is -2.13. The van der Waals surface area contributed by atoms with E-state index in [4.69, 9.17) is 0 Å². The largest absolute Gasteiger partial charge is 0.476 e. The van der Waals surface area contributed by atoms with E-state index >= 15 is 0 Å². The van der Waals surface area contributed by atoms with Gasteiger partial charge in [-0.2, -0.15) is 0 Å². The minimum atomic E-state index is -0.938.